The van der Waals surface area contributed by atoms with Gasteiger partial charge in [-0.15, -0.1) is 0 Å². The Hall–Kier alpha value is -2.42. The number of rotatable bonds is 1. The van der Waals surface area contributed by atoms with Crippen LogP contribution in [0.1, 0.15) is 5.69 Å². The molecule has 0 N–H and O–H groups in total. The van der Waals surface area contributed by atoms with Crippen molar-refractivity contribution in [3.63, 3.8) is 0 Å². The van der Waals surface area contributed by atoms with Crippen molar-refractivity contribution in [2.45, 2.75) is 0 Å². The van der Waals surface area contributed by atoms with Gasteiger partial charge >= 0.3 is 0 Å². The zero-order valence-corrected chi connectivity index (χ0v) is 7.95. The molecular weight excluding hydrogens is 194 g/mol. The zero-order valence-electron chi connectivity index (χ0n) is 7.95. The molecule has 2 heterocycles. The molecule has 0 aliphatic heterocycles. The highest BCUT2D eigenvalue weighted by atomic mass is 16.1. The Balaban J connectivity index is 2.68. The van der Waals surface area contributed by atoms with Crippen LogP contribution in [0.4, 0.5) is 0 Å². The van der Waals surface area contributed by atoms with Crippen molar-refractivity contribution in [1.82, 2.24) is 19.6 Å². The molecule has 0 bridgehead atoms. The highest BCUT2D eigenvalue weighted by Gasteiger charge is 2.05. The van der Waals surface area contributed by atoms with Gasteiger partial charge in [-0.2, -0.15) is 20.1 Å². The van der Waals surface area contributed by atoms with Crippen LogP contribution >= 0.6 is 0 Å². The molecule has 0 amide bonds. The molecule has 6 heteroatoms. The molecule has 15 heavy (non-hydrogen) atoms. The van der Waals surface area contributed by atoms with Gasteiger partial charge in [0.2, 0.25) is 0 Å². The van der Waals surface area contributed by atoms with Gasteiger partial charge in [0.25, 0.3) is 5.56 Å². The zero-order chi connectivity index (χ0) is 10.8. The van der Waals surface area contributed by atoms with Gasteiger partial charge in [-0.3, -0.25) is 9.48 Å². The predicted octanol–water partition coefficient (Wildman–Crippen LogP) is -0.162. The predicted molar refractivity (Wildman–Crippen MR) is 51.3 cm³/mol. The van der Waals surface area contributed by atoms with Gasteiger partial charge in [0.15, 0.2) is 11.5 Å². The molecule has 0 spiro atoms. The average molecular weight is 201 g/mol. The maximum atomic E-state index is 11.5. The van der Waals surface area contributed by atoms with Crippen LogP contribution in [0.15, 0.2) is 29.2 Å². The quantitative estimate of drug-likeness (QED) is 0.642. The van der Waals surface area contributed by atoms with Crippen LogP contribution in [-0.4, -0.2) is 19.6 Å². The normalized spacial score (nSPS) is 9.87. The number of nitrogens with zero attached hydrogens (tertiary/aromatic N) is 5. The van der Waals surface area contributed by atoms with Gasteiger partial charge in [0.1, 0.15) is 6.07 Å². The second kappa shape index (κ2) is 3.38. The summed E-state index contributed by atoms with van der Waals surface area (Å²) in [7, 11) is 1.70. The van der Waals surface area contributed by atoms with Crippen molar-refractivity contribution >= 4 is 0 Å². The summed E-state index contributed by atoms with van der Waals surface area (Å²) in [6.07, 6.45) is 1.56. The molecule has 0 fully saturated rings. The van der Waals surface area contributed by atoms with Crippen molar-refractivity contribution in [1.29, 1.82) is 5.26 Å². The maximum absolute atomic E-state index is 11.5. The Morgan fingerprint density at radius 2 is 2.20 bits per heavy atom. The summed E-state index contributed by atoms with van der Waals surface area (Å²) in [5.74, 6) is 0.525. The average Bonchev–Trinajstić information content (AvgIpc) is 2.65. The number of hydrogen-bond acceptors (Lipinski definition) is 4. The van der Waals surface area contributed by atoms with E-state index in [0.29, 0.717) is 5.82 Å². The van der Waals surface area contributed by atoms with Gasteiger partial charge < -0.3 is 0 Å². The van der Waals surface area contributed by atoms with Gasteiger partial charge in [-0.25, -0.2) is 0 Å². The lowest BCUT2D eigenvalue weighted by Crippen LogP contribution is -2.22. The molecule has 74 valence electrons. The Labute approximate surface area is 85.0 Å². The minimum Gasteiger partial charge on any atom is -0.267 e. The molecule has 2 aromatic rings. The van der Waals surface area contributed by atoms with E-state index in [2.05, 4.69) is 10.2 Å². The van der Waals surface area contributed by atoms with Crippen LogP contribution in [0.5, 0.6) is 0 Å². The highest BCUT2D eigenvalue weighted by molar-refractivity contribution is 5.23. The van der Waals surface area contributed by atoms with Gasteiger partial charge in [-0.05, 0) is 6.07 Å². The lowest BCUT2D eigenvalue weighted by atomic mass is 10.4. The summed E-state index contributed by atoms with van der Waals surface area (Å²) in [5.41, 5.74) is -0.103. The lowest BCUT2D eigenvalue weighted by molar-refractivity contribution is 0.674. The largest absolute Gasteiger partial charge is 0.272 e. The summed E-state index contributed by atoms with van der Waals surface area (Å²) in [6.45, 7) is 0. The third-order valence-corrected chi connectivity index (χ3v) is 1.93. The van der Waals surface area contributed by atoms with Gasteiger partial charge in [0.05, 0.1) is 6.20 Å². The maximum Gasteiger partial charge on any atom is 0.272 e. The first kappa shape index (κ1) is 9.15. The van der Waals surface area contributed by atoms with E-state index in [0.717, 1.165) is 4.68 Å². The SMILES string of the molecule is Cn1nccc1-n1nc(C#N)ccc1=O. The van der Waals surface area contributed by atoms with Crippen LogP contribution in [0, 0.1) is 11.3 Å². The van der Waals surface area contributed by atoms with Crippen LogP contribution in [0.2, 0.25) is 0 Å². The first-order valence-electron chi connectivity index (χ1n) is 4.21. The molecule has 0 aromatic carbocycles. The molecule has 0 unspecified atom stereocenters. The van der Waals surface area contributed by atoms with Crippen molar-refractivity contribution in [2.24, 2.45) is 7.05 Å². The molecular formula is C9H7N5O. The number of hydrogen-bond donors (Lipinski definition) is 0. The summed E-state index contributed by atoms with van der Waals surface area (Å²) < 4.78 is 2.65. The molecule has 2 rings (SSSR count). The summed E-state index contributed by atoms with van der Waals surface area (Å²) in [6, 6.07) is 6.21. The second-order valence-corrected chi connectivity index (χ2v) is 2.89. The number of nitriles is 1. The summed E-state index contributed by atoms with van der Waals surface area (Å²) in [5, 5.41) is 16.5. The van der Waals surface area contributed by atoms with Crippen LogP contribution in [0.3, 0.4) is 0 Å². The Kier molecular flexibility index (Phi) is 2.06. The van der Waals surface area contributed by atoms with E-state index in [4.69, 9.17) is 5.26 Å². The lowest BCUT2D eigenvalue weighted by Gasteiger charge is -2.03. The molecule has 0 saturated heterocycles. The van der Waals surface area contributed by atoms with Crippen molar-refractivity contribution < 1.29 is 0 Å². The van der Waals surface area contributed by atoms with E-state index in [1.165, 1.54) is 16.8 Å². The van der Waals surface area contributed by atoms with Gasteiger partial charge in [0, 0.05) is 19.2 Å². The van der Waals surface area contributed by atoms with E-state index in [-0.39, 0.29) is 11.3 Å². The topological polar surface area (TPSA) is 76.5 Å². The van der Waals surface area contributed by atoms with Crippen LogP contribution < -0.4 is 5.56 Å². The van der Waals surface area contributed by atoms with E-state index in [1.807, 2.05) is 6.07 Å². The monoisotopic (exact) mass is 201 g/mol. The Morgan fingerprint density at radius 1 is 1.40 bits per heavy atom. The van der Waals surface area contributed by atoms with Crippen molar-refractivity contribution in [3.05, 3.63) is 40.4 Å². The van der Waals surface area contributed by atoms with Crippen LogP contribution in [-0.2, 0) is 7.05 Å². The fraction of sp³-hybridized carbons (Fsp3) is 0.111. The fourth-order valence-corrected chi connectivity index (χ4v) is 1.21. The Bertz CT molecular complexity index is 589. The molecule has 0 saturated carbocycles. The third-order valence-electron chi connectivity index (χ3n) is 1.93. The summed E-state index contributed by atoms with van der Waals surface area (Å²) >= 11 is 0. The highest BCUT2D eigenvalue weighted by Crippen LogP contribution is 2.00. The summed E-state index contributed by atoms with van der Waals surface area (Å²) in [4.78, 5) is 11.5. The smallest absolute Gasteiger partial charge is 0.267 e. The third kappa shape index (κ3) is 1.50. The standard InChI is InChI=1S/C9H7N5O/c1-13-8(4-5-11-13)14-9(15)3-2-7(6-10)12-14/h2-5H,1H3. The van der Waals surface area contributed by atoms with E-state index < -0.39 is 0 Å². The van der Waals surface area contributed by atoms with E-state index in [9.17, 15) is 4.79 Å². The van der Waals surface area contributed by atoms with Crippen molar-refractivity contribution in [3.8, 4) is 11.9 Å². The first-order valence-corrected chi connectivity index (χ1v) is 4.21. The molecule has 0 aliphatic carbocycles. The molecule has 0 radical (unpaired) electrons. The molecule has 2 aromatic heterocycles. The van der Waals surface area contributed by atoms with Crippen LogP contribution in [0.25, 0.3) is 5.82 Å². The molecule has 0 atom stereocenters. The molecule has 6 nitrogen and oxygen atoms in total. The fourth-order valence-electron chi connectivity index (χ4n) is 1.21. The minimum atomic E-state index is -0.294. The van der Waals surface area contributed by atoms with Crippen molar-refractivity contribution in [2.75, 3.05) is 0 Å². The van der Waals surface area contributed by atoms with E-state index in [1.54, 1.807) is 19.3 Å². The minimum absolute atomic E-state index is 0.191. The number of aryl methyl sites for hydroxylation is 1. The number of aromatic nitrogens is 4. The second-order valence-electron chi connectivity index (χ2n) is 2.89. The first-order chi connectivity index (χ1) is 7.22. The Morgan fingerprint density at radius 3 is 2.80 bits per heavy atom. The van der Waals surface area contributed by atoms with E-state index >= 15 is 0 Å². The van der Waals surface area contributed by atoms with Gasteiger partial charge in [-0.1, -0.05) is 0 Å². The molecule has 0 aliphatic rings.